The number of rotatable bonds is 4. The average Bonchev–Trinajstić information content (AvgIpc) is 3.13. The van der Waals surface area contributed by atoms with Gasteiger partial charge in [0.2, 0.25) is 11.9 Å². The highest BCUT2D eigenvalue weighted by Gasteiger charge is 2.25. The third kappa shape index (κ3) is 3.62. The van der Waals surface area contributed by atoms with E-state index in [1.54, 1.807) is 36.4 Å². The van der Waals surface area contributed by atoms with Crippen LogP contribution in [0, 0.1) is 17.9 Å². The van der Waals surface area contributed by atoms with Crippen LogP contribution in [-0.2, 0) is 10.0 Å². The van der Waals surface area contributed by atoms with Gasteiger partial charge in [-0.25, -0.2) is 4.85 Å². The van der Waals surface area contributed by atoms with Gasteiger partial charge in [0.15, 0.2) is 5.69 Å². The quantitative estimate of drug-likeness (QED) is 0.449. The molecule has 0 saturated heterocycles. The molecule has 31 heavy (non-hydrogen) atoms. The van der Waals surface area contributed by atoms with Crippen molar-refractivity contribution in [1.29, 1.82) is 5.26 Å². The molecule has 0 spiro atoms. The summed E-state index contributed by atoms with van der Waals surface area (Å²) < 4.78 is 27.2. The number of nitrogens with one attached hydrogen (secondary N) is 1. The normalized spacial score (nSPS) is 11.1. The van der Waals surface area contributed by atoms with E-state index in [0.29, 0.717) is 31.8 Å². The molecule has 11 heteroatoms. The first-order valence-corrected chi connectivity index (χ1v) is 10.5. The van der Waals surface area contributed by atoms with Crippen LogP contribution in [0.1, 0.15) is 5.56 Å². The summed E-state index contributed by atoms with van der Waals surface area (Å²) in [5, 5.41) is 17.0. The highest BCUT2D eigenvalue weighted by atomic mass is 35.5. The zero-order valence-corrected chi connectivity index (χ0v) is 17.2. The number of benzene rings is 3. The zero-order chi connectivity index (χ0) is 22.2. The van der Waals surface area contributed by atoms with Crippen LogP contribution in [-0.4, -0.2) is 22.6 Å². The van der Waals surface area contributed by atoms with Gasteiger partial charge in [-0.2, -0.15) is 18.7 Å². The van der Waals surface area contributed by atoms with Gasteiger partial charge >= 0.3 is 0 Å². The van der Waals surface area contributed by atoms with Gasteiger partial charge in [-0.1, -0.05) is 35.9 Å². The topological polar surface area (TPSA) is 131 Å². The number of aromatic nitrogens is 3. The van der Waals surface area contributed by atoms with Gasteiger partial charge in [-0.15, -0.1) is 9.19 Å². The maximum Gasteiger partial charge on any atom is 0.286 e. The Morgan fingerprint density at radius 3 is 2.71 bits per heavy atom. The van der Waals surface area contributed by atoms with Crippen LogP contribution < -0.4 is 11.1 Å². The summed E-state index contributed by atoms with van der Waals surface area (Å²) in [5.41, 5.74) is 6.99. The first-order chi connectivity index (χ1) is 14.8. The van der Waals surface area contributed by atoms with Crippen molar-refractivity contribution < 1.29 is 8.42 Å². The van der Waals surface area contributed by atoms with Crippen LogP contribution in [0.25, 0.3) is 15.6 Å². The molecule has 0 aliphatic heterocycles. The number of nitrogen functional groups attached to an aromatic ring is 1. The fourth-order valence-corrected chi connectivity index (χ4v) is 4.58. The molecule has 0 bridgehead atoms. The first-order valence-electron chi connectivity index (χ1n) is 8.68. The molecule has 0 saturated carbocycles. The fourth-order valence-electron chi connectivity index (χ4n) is 2.98. The largest absolute Gasteiger partial charge is 0.367 e. The number of nitrogens with zero attached hydrogens (tertiary/aromatic N) is 5. The molecule has 0 fully saturated rings. The third-order valence-electron chi connectivity index (χ3n) is 4.41. The first kappa shape index (κ1) is 20.2. The number of anilines is 3. The summed E-state index contributed by atoms with van der Waals surface area (Å²) in [5.74, 6) is -0.394. The molecule has 4 aromatic rings. The van der Waals surface area contributed by atoms with Gasteiger partial charge < -0.3 is 11.1 Å². The van der Waals surface area contributed by atoms with Crippen LogP contribution >= 0.6 is 11.6 Å². The highest BCUT2D eigenvalue weighted by Crippen LogP contribution is 2.29. The van der Waals surface area contributed by atoms with E-state index in [4.69, 9.17) is 29.2 Å². The Morgan fingerprint density at radius 1 is 1.19 bits per heavy atom. The highest BCUT2D eigenvalue weighted by molar-refractivity contribution is 7.90. The van der Waals surface area contributed by atoms with Crippen molar-refractivity contribution in [2.24, 2.45) is 0 Å². The second-order valence-corrected chi connectivity index (χ2v) is 8.49. The SMILES string of the molecule is [C-]#[N+]c1ccc2c(S(=O)(=O)n3nc(Nc4ccc(C#N)c(Cl)c4)nc3N)cccc2c1. The number of nitrogens with two attached hydrogens (primary N) is 1. The molecule has 3 N–H and O–H groups in total. The summed E-state index contributed by atoms with van der Waals surface area (Å²) in [4.78, 5) is 7.31. The van der Waals surface area contributed by atoms with E-state index in [0.717, 1.165) is 0 Å². The Kier molecular flexibility index (Phi) is 4.95. The molecule has 4 rings (SSSR count). The summed E-state index contributed by atoms with van der Waals surface area (Å²) >= 11 is 6.01. The molecular formula is C20H12ClN7O2S. The molecule has 0 unspecified atom stereocenters. The molecule has 0 atom stereocenters. The predicted molar refractivity (Wildman–Crippen MR) is 117 cm³/mol. The summed E-state index contributed by atoms with van der Waals surface area (Å²) in [6.07, 6.45) is 0. The van der Waals surface area contributed by atoms with Crippen LogP contribution in [0.3, 0.4) is 0 Å². The van der Waals surface area contributed by atoms with Crippen molar-refractivity contribution in [3.05, 3.63) is 76.6 Å². The summed E-state index contributed by atoms with van der Waals surface area (Å²) in [6.45, 7) is 7.13. The smallest absolute Gasteiger partial charge is 0.286 e. The third-order valence-corrected chi connectivity index (χ3v) is 6.35. The van der Waals surface area contributed by atoms with Crippen molar-refractivity contribution in [1.82, 2.24) is 14.2 Å². The minimum atomic E-state index is -4.17. The molecule has 1 heterocycles. The Bertz CT molecular complexity index is 1530. The monoisotopic (exact) mass is 449 g/mol. The number of fused-ring (bicyclic) bond motifs is 1. The zero-order valence-electron chi connectivity index (χ0n) is 15.6. The van der Waals surface area contributed by atoms with Crippen LogP contribution in [0.15, 0.2) is 59.5 Å². The minimum Gasteiger partial charge on any atom is -0.367 e. The maximum atomic E-state index is 13.3. The number of nitriles is 1. The van der Waals surface area contributed by atoms with Crippen molar-refractivity contribution in [3.63, 3.8) is 0 Å². The van der Waals surface area contributed by atoms with E-state index < -0.39 is 10.0 Å². The van der Waals surface area contributed by atoms with Gasteiger partial charge in [0.1, 0.15) is 6.07 Å². The fraction of sp³-hybridized carbons (Fsp3) is 0. The van der Waals surface area contributed by atoms with Crippen molar-refractivity contribution >= 4 is 55.7 Å². The molecule has 0 amide bonds. The Hall–Kier alpha value is -4.12. The summed E-state index contributed by atoms with van der Waals surface area (Å²) in [7, 11) is -4.17. The van der Waals surface area contributed by atoms with Gasteiger partial charge in [0.05, 0.1) is 22.1 Å². The molecule has 9 nitrogen and oxygen atoms in total. The van der Waals surface area contributed by atoms with Crippen LogP contribution in [0.2, 0.25) is 5.02 Å². The van der Waals surface area contributed by atoms with Gasteiger partial charge in [-0.3, -0.25) is 0 Å². The van der Waals surface area contributed by atoms with E-state index in [9.17, 15) is 8.42 Å². The predicted octanol–water partition coefficient (Wildman–Crippen LogP) is 4.07. The summed E-state index contributed by atoms with van der Waals surface area (Å²) in [6, 6.07) is 16.0. The van der Waals surface area contributed by atoms with E-state index >= 15 is 0 Å². The number of hydrogen-bond donors (Lipinski definition) is 2. The standard InChI is InChI=1S/C20H12ClN7O2S/c1-24-14-7-8-16-12(9-14)3-2-4-18(16)31(29,30)28-19(23)26-20(27-28)25-15-6-5-13(11-22)17(21)10-15/h2-10H,(H3,23,25,26,27). The average molecular weight is 450 g/mol. The van der Waals surface area contributed by atoms with E-state index in [1.807, 2.05) is 6.07 Å². The molecule has 0 aliphatic rings. The lowest BCUT2D eigenvalue weighted by molar-refractivity contribution is 0.582. The van der Waals surface area contributed by atoms with Crippen LogP contribution in [0.4, 0.5) is 23.3 Å². The number of hydrogen-bond acceptors (Lipinski definition) is 7. The van der Waals surface area contributed by atoms with Crippen LogP contribution in [0.5, 0.6) is 0 Å². The molecule has 3 aromatic carbocycles. The lowest BCUT2D eigenvalue weighted by Gasteiger charge is -2.09. The Labute approximate surface area is 182 Å². The molecule has 0 aliphatic carbocycles. The Morgan fingerprint density at radius 2 is 2.00 bits per heavy atom. The maximum absolute atomic E-state index is 13.3. The van der Waals surface area contributed by atoms with Crippen molar-refractivity contribution in [2.75, 3.05) is 11.1 Å². The molecule has 1 aromatic heterocycles. The Balaban J connectivity index is 1.75. The van der Waals surface area contributed by atoms with E-state index in [2.05, 4.69) is 20.2 Å². The molecule has 152 valence electrons. The van der Waals surface area contributed by atoms with Crippen molar-refractivity contribution in [2.45, 2.75) is 4.90 Å². The van der Waals surface area contributed by atoms with Crippen molar-refractivity contribution in [3.8, 4) is 6.07 Å². The van der Waals surface area contributed by atoms with Gasteiger partial charge in [0, 0.05) is 5.69 Å². The van der Waals surface area contributed by atoms with Gasteiger partial charge in [0.25, 0.3) is 10.0 Å². The van der Waals surface area contributed by atoms with Gasteiger partial charge in [-0.05, 0) is 41.1 Å². The second-order valence-electron chi connectivity index (χ2n) is 6.35. The van der Waals surface area contributed by atoms with E-state index in [1.165, 1.54) is 18.2 Å². The lowest BCUT2D eigenvalue weighted by Crippen LogP contribution is -2.17. The molecule has 0 radical (unpaired) electrons. The second kappa shape index (κ2) is 7.61. The minimum absolute atomic E-state index is 0.0221. The number of halogens is 1. The molecular weight excluding hydrogens is 438 g/mol. The van der Waals surface area contributed by atoms with E-state index in [-0.39, 0.29) is 21.8 Å². The lowest BCUT2D eigenvalue weighted by atomic mass is 10.1.